The quantitative estimate of drug-likeness (QED) is 0.502. The first-order valence-corrected chi connectivity index (χ1v) is 7.86. The number of carbonyl (C=O) groups is 1. The number of alkyl halides is 2. The van der Waals surface area contributed by atoms with Crippen LogP contribution in [0.5, 0.6) is 5.75 Å². The number of aryl methyl sites for hydroxylation is 1. The van der Waals surface area contributed by atoms with Crippen molar-refractivity contribution in [2.45, 2.75) is 19.6 Å². The van der Waals surface area contributed by atoms with E-state index in [1.165, 1.54) is 12.1 Å². The minimum Gasteiger partial charge on any atom is -0.435 e. The molecule has 1 unspecified atom stereocenters. The Kier molecular flexibility index (Phi) is 8.77. The van der Waals surface area contributed by atoms with Gasteiger partial charge in [-0.2, -0.15) is 8.78 Å². The zero-order valence-electron chi connectivity index (χ0n) is 15.0. The molecule has 0 aliphatic carbocycles. The third-order valence-corrected chi connectivity index (χ3v) is 3.28. The Morgan fingerprint density at radius 1 is 1.15 bits per heavy atom. The lowest BCUT2D eigenvalue weighted by molar-refractivity contribution is -0.108. The molecule has 0 spiro atoms. The fraction of sp³-hybridized carbons (Fsp3) is 0.263. The largest absolute Gasteiger partial charge is 0.435 e. The van der Waals surface area contributed by atoms with Gasteiger partial charge in [0.25, 0.3) is 0 Å². The number of rotatable bonds is 5. The van der Waals surface area contributed by atoms with E-state index in [-0.39, 0.29) is 11.7 Å². The summed E-state index contributed by atoms with van der Waals surface area (Å²) in [5.74, 6) is 0.269. The van der Waals surface area contributed by atoms with Crippen LogP contribution in [0.15, 0.2) is 59.6 Å². The molecule has 0 fully saturated rings. The number of benzene rings is 2. The normalized spacial score (nSPS) is 12.0. The molecule has 1 atom stereocenters. The highest BCUT2D eigenvalue weighted by Crippen LogP contribution is 2.25. The fourth-order valence-electron chi connectivity index (χ4n) is 1.91. The molecule has 0 aliphatic heterocycles. The molecule has 0 radical (unpaired) electrons. The second-order valence-corrected chi connectivity index (χ2v) is 5.52. The van der Waals surface area contributed by atoms with E-state index in [9.17, 15) is 13.6 Å². The van der Waals surface area contributed by atoms with Gasteiger partial charge in [-0.05, 0) is 30.2 Å². The molecule has 2 rings (SSSR count). The Morgan fingerprint density at radius 2 is 1.69 bits per heavy atom. The van der Waals surface area contributed by atoms with Gasteiger partial charge in [0.1, 0.15) is 18.1 Å². The topological polar surface area (TPSA) is 67.9 Å². The van der Waals surface area contributed by atoms with Gasteiger partial charge in [-0.15, -0.1) is 0 Å². The molecule has 2 aromatic rings. The van der Waals surface area contributed by atoms with Gasteiger partial charge in [0.15, 0.2) is 5.96 Å². The minimum atomic E-state index is -2.89. The van der Waals surface area contributed by atoms with Crippen LogP contribution in [0, 0.1) is 6.92 Å². The number of hydrogen-bond donors (Lipinski definition) is 1. The summed E-state index contributed by atoms with van der Waals surface area (Å²) in [4.78, 5) is 16.7. The van der Waals surface area contributed by atoms with Gasteiger partial charge in [0.2, 0.25) is 0 Å². The molecule has 2 N–H and O–H groups in total. The summed E-state index contributed by atoms with van der Waals surface area (Å²) in [6.45, 7) is -1.27. The average Bonchev–Trinajstić information content (AvgIpc) is 2.62. The minimum absolute atomic E-state index is 0.0676. The molecular formula is C19H23F2N3O2. The van der Waals surface area contributed by atoms with Crippen molar-refractivity contribution in [1.82, 2.24) is 4.90 Å². The van der Waals surface area contributed by atoms with Crippen LogP contribution in [-0.2, 0) is 4.79 Å². The second-order valence-electron chi connectivity index (χ2n) is 5.52. The van der Waals surface area contributed by atoms with Crippen LogP contribution in [0.4, 0.5) is 8.78 Å². The molecule has 0 aliphatic rings. The van der Waals surface area contributed by atoms with Crippen molar-refractivity contribution in [3.05, 3.63) is 65.7 Å². The summed E-state index contributed by atoms with van der Waals surface area (Å²) in [5.41, 5.74) is 6.71. The highest BCUT2D eigenvalue weighted by atomic mass is 19.3. The molecule has 0 saturated carbocycles. The zero-order chi connectivity index (χ0) is 19.5. The van der Waals surface area contributed by atoms with Gasteiger partial charge in [-0.1, -0.05) is 42.5 Å². The van der Waals surface area contributed by atoms with E-state index in [0.29, 0.717) is 17.4 Å². The lowest BCUT2D eigenvalue weighted by Crippen LogP contribution is -2.31. The summed E-state index contributed by atoms with van der Waals surface area (Å²) < 4.78 is 28.7. The number of hydrogen-bond acceptors (Lipinski definition) is 3. The van der Waals surface area contributed by atoms with Crippen molar-refractivity contribution in [1.29, 1.82) is 0 Å². The first-order valence-electron chi connectivity index (χ1n) is 7.86. The lowest BCUT2D eigenvalue weighted by Gasteiger charge is -2.15. The van der Waals surface area contributed by atoms with Gasteiger partial charge in [0.05, 0.1) is 0 Å². The maximum atomic E-state index is 12.2. The summed E-state index contributed by atoms with van der Waals surface area (Å²) in [6.07, 6.45) is 0.638. The van der Waals surface area contributed by atoms with E-state index in [2.05, 4.69) is 9.73 Å². The number of guanidine groups is 1. The molecule has 26 heavy (non-hydrogen) atoms. The number of aldehydes is 1. The van der Waals surface area contributed by atoms with Crippen LogP contribution in [0.3, 0.4) is 0 Å². The standard InChI is InChI=1S/C13H17F2N3O2.C6H6/c1-8-6-9(4-5-11(8)20-12(14)15)10(7-19)17-13(16)18(2)3;1-2-4-6-5-3-1/h4-7,10,12H,1-3H3,(H2,16,17);1-6H. The number of nitrogens with zero attached hydrogens (tertiary/aromatic N) is 2. The smallest absolute Gasteiger partial charge is 0.387 e. The average molecular weight is 363 g/mol. The van der Waals surface area contributed by atoms with E-state index in [1.807, 2.05) is 36.4 Å². The molecule has 2 aromatic carbocycles. The number of halogens is 2. The van der Waals surface area contributed by atoms with E-state index in [0.717, 1.165) is 0 Å². The van der Waals surface area contributed by atoms with E-state index >= 15 is 0 Å². The van der Waals surface area contributed by atoms with Gasteiger partial charge < -0.3 is 20.2 Å². The van der Waals surface area contributed by atoms with Crippen molar-refractivity contribution < 1.29 is 18.3 Å². The Bertz CT molecular complexity index is 680. The third-order valence-electron chi connectivity index (χ3n) is 3.28. The molecule has 7 heteroatoms. The maximum Gasteiger partial charge on any atom is 0.387 e. The lowest BCUT2D eigenvalue weighted by atomic mass is 10.1. The van der Waals surface area contributed by atoms with Crippen LogP contribution in [0.2, 0.25) is 0 Å². The summed E-state index contributed by atoms with van der Waals surface area (Å²) in [6, 6.07) is 15.7. The van der Waals surface area contributed by atoms with Gasteiger partial charge in [-0.25, -0.2) is 4.99 Å². The SMILES string of the molecule is Cc1cc(C(C=O)N=C(N)N(C)C)ccc1OC(F)F.c1ccccc1. The maximum absolute atomic E-state index is 12.2. The van der Waals surface area contributed by atoms with Crippen molar-refractivity contribution >= 4 is 12.2 Å². The molecule has 0 heterocycles. The van der Waals surface area contributed by atoms with Crippen LogP contribution in [-0.4, -0.2) is 37.9 Å². The second kappa shape index (κ2) is 10.8. The van der Waals surface area contributed by atoms with Crippen molar-refractivity contribution in [3.63, 3.8) is 0 Å². The number of carbonyl (C=O) groups excluding carboxylic acids is 1. The van der Waals surface area contributed by atoms with Crippen LogP contribution in [0.1, 0.15) is 17.2 Å². The molecule has 140 valence electrons. The predicted molar refractivity (Wildman–Crippen MR) is 98.4 cm³/mol. The van der Waals surface area contributed by atoms with Crippen molar-refractivity contribution in [2.75, 3.05) is 14.1 Å². The van der Waals surface area contributed by atoms with Gasteiger partial charge in [-0.3, -0.25) is 0 Å². The Hall–Kier alpha value is -2.96. The summed E-state index contributed by atoms with van der Waals surface area (Å²) in [7, 11) is 3.40. The van der Waals surface area contributed by atoms with E-state index < -0.39 is 12.7 Å². The monoisotopic (exact) mass is 363 g/mol. The van der Waals surface area contributed by atoms with Crippen molar-refractivity contribution in [2.24, 2.45) is 10.7 Å². The number of ether oxygens (including phenoxy) is 1. The first-order chi connectivity index (χ1) is 12.3. The molecule has 0 amide bonds. The summed E-state index contributed by atoms with van der Waals surface area (Å²) in [5, 5.41) is 0. The summed E-state index contributed by atoms with van der Waals surface area (Å²) >= 11 is 0. The molecule has 0 saturated heterocycles. The zero-order valence-corrected chi connectivity index (χ0v) is 15.0. The van der Waals surface area contributed by atoms with Crippen LogP contribution >= 0.6 is 0 Å². The van der Waals surface area contributed by atoms with Gasteiger partial charge in [0, 0.05) is 14.1 Å². The first kappa shape index (κ1) is 21.1. The Balaban J connectivity index is 0.000000472. The van der Waals surface area contributed by atoms with Crippen LogP contribution in [0.25, 0.3) is 0 Å². The van der Waals surface area contributed by atoms with Crippen LogP contribution < -0.4 is 10.5 Å². The Morgan fingerprint density at radius 3 is 2.08 bits per heavy atom. The molecular weight excluding hydrogens is 340 g/mol. The van der Waals surface area contributed by atoms with E-state index in [4.69, 9.17) is 5.73 Å². The Labute approximate surface area is 152 Å². The fourth-order valence-corrected chi connectivity index (χ4v) is 1.91. The predicted octanol–water partition coefficient (Wildman–Crippen LogP) is 3.40. The molecule has 0 aromatic heterocycles. The number of nitrogens with two attached hydrogens (primary N) is 1. The van der Waals surface area contributed by atoms with Gasteiger partial charge >= 0.3 is 6.61 Å². The highest BCUT2D eigenvalue weighted by molar-refractivity contribution is 5.80. The molecule has 5 nitrogen and oxygen atoms in total. The number of aliphatic imine (C=N–C) groups is 1. The van der Waals surface area contributed by atoms with E-state index in [1.54, 1.807) is 32.0 Å². The third kappa shape index (κ3) is 7.29. The van der Waals surface area contributed by atoms with Crippen molar-refractivity contribution in [3.8, 4) is 5.75 Å². The molecule has 0 bridgehead atoms. The highest BCUT2D eigenvalue weighted by Gasteiger charge is 2.13.